The Morgan fingerprint density at radius 2 is 2.07 bits per heavy atom. The molecule has 0 amide bonds. The van der Waals surface area contributed by atoms with Crippen molar-refractivity contribution in [1.82, 2.24) is 0 Å². The van der Waals surface area contributed by atoms with Crippen molar-refractivity contribution in [2.75, 3.05) is 13.7 Å². The van der Waals surface area contributed by atoms with Crippen LogP contribution in [0, 0.1) is 6.92 Å². The number of phenols is 1. The Hall–Kier alpha value is -1.22. The largest absolute Gasteiger partial charge is 0.504 e. The second-order valence-electron chi connectivity index (χ2n) is 3.49. The third-order valence-corrected chi connectivity index (χ3v) is 2.27. The molecule has 3 nitrogen and oxygen atoms in total. The zero-order chi connectivity index (χ0) is 10.7. The van der Waals surface area contributed by atoms with E-state index in [0.717, 1.165) is 11.1 Å². The summed E-state index contributed by atoms with van der Waals surface area (Å²) in [6.07, 6.45) is 0. The van der Waals surface area contributed by atoms with E-state index in [0.29, 0.717) is 5.75 Å². The number of ether oxygens (including phenoxy) is 1. The fourth-order valence-electron chi connectivity index (χ4n) is 1.40. The standard InChI is InChI=1S/C11H16O3/c1-7-4-9(8(2)6-12)11(13)10(5-7)14-3/h4-5,8,12-13H,6H2,1-3H3. The van der Waals surface area contributed by atoms with E-state index in [1.165, 1.54) is 7.11 Å². The zero-order valence-electron chi connectivity index (χ0n) is 8.74. The predicted octanol–water partition coefficient (Wildman–Crippen LogP) is 1.81. The molecule has 0 fully saturated rings. The first-order valence-corrected chi connectivity index (χ1v) is 4.58. The van der Waals surface area contributed by atoms with E-state index in [1.807, 2.05) is 19.9 Å². The molecular formula is C11H16O3. The molecule has 2 N–H and O–H groups in total. The van der Waals surface area contributed by atoms with Gasteiger partial charge in [0, 0.05) is 18.1 Å². The molecule has 0 aliphatic carbocycles. The predicted molar refractivity (Wildman–Crippen MR) is 54.9 cm³/mol. The number of hydrogen-bond acceptors (Lipinski definition) is 3. The van der Waals surface area contributed by atoms with Gasteiger partial charge in [0.2, 0.25) is 0 Å². The number of aliphatic hydroxyl groups excluding tert-OH is 1. The number of methoxy groups -OCH3 is 1. The van der Waals surface area contributed by atoms with Gasteiger partial charge in [0.05, 0.1) is 7.11 Å². The lowest BCUT2D eigenvalue weighted by molar-refractivity contribution is 0.269. The van der Waals surface area contributed by atoms with Crippen molar-refractivity contribution in [3.8, 4) is 11.5 Å². The summed E-state index contributed by atoms with van der Waals surface area (Å²) in [7, 11) is 1.52. The fourth-order valence-corrected chi connectivity index (χ4v) is 1.40. The molecule has 14 heavy (non-hydrogen) atoms. The van der Waals surface area contributed by atoms with E-state index < -0.39 is 0 Å². The molecule has 1 aromatic carbocycles. The van der Waals surface area contributed by atoms with Crippen molar-refractivity contribution in [3.05, 3.63) is 23.3 Å². The molecule has 0 saturated heterocycles. The second-order valence-corrected chi connectivity index (χ2v) is 3.49. The molecule has 1 unspecified atom stereocenters. The minimum atomic E-state index is -0.0798. The summed E-state index contributed by atoms with van der Waals surface area (Å²) in [6.45, 7) is 3.80. The topological polar surface area (TPSA) is 49.7 Å². The highest BCUT2D eigenvalue weighted by Crippen LogP contribution is 2.35. The maximum atomic E-state index is 9.78. The Bertz CT molecular complexity index is 321. The smallest absolute Gasteiger partial charge is 0.161 e. The van der Waals surface area contributed by atoms with Crippen molar-refractivity contribution in [2.24, 2.45) is 0 Å². The van der Waals surface area contributed by atoms with Gasteiger partial charge >= 0.3 is 0 Å². The monoisotopic (exact) mass is 196 g/mol. The Labute approximate surface area is 84.0 Å². The van der Waals surface area contributed by atoms with Crippen molar-refractivity contribution < 1.29 is 14.9 Å². The lowest BCUT2D eigenvalue weighted by atomic mass is 9.98. The van der Waals surface area contributed by atoms with Crippen LogP contribution in [-0.2, 0) is 0 Å². The number of aliphatic hydroxyl groups is 1. The van der Waals surface area contributed by atoms with E-state index in [2.05, 4.69) is 0 Å². The molecule has 0 aromatic heterocycles. The molecule has 1 atom stereocenters. The quantitative estimate of drug-likeness (QED) is 0.775. The highest BCUT2D eigenvalue weighted by atomic mass is 16.5. The molecule has 3 heteroatoms. The highest BCUT2D eigenvalue weighted by molar-refractivity contribution is 5.49. The van der Waals surface area contributed by atoms with Gasteiger partial charge in [-0.05, 0) is 18.6 Å². The van der Waals surface area contributed by atoms with E-state index in [1.54, 1.807) is 6.07 Å². The molecule has 0 aliphatic heterocycles. The molecule has 0 bridgehead atoms. The van der Waals surface area contributed by atoms with Crippen LogP contribution in [0.25, 0.3) is 0 Å². The Morgan fingerprint density at radius 3 is 2.57 bits per heavy atom. The lowest BCUT2D eigenvalue weighted by Crippen LogP contribution is -2.01. The summed E-state index contributed by atoms with van der Waals surface area (Å²) in [4.78, 5) is 0. The zero-order valence-corrected chi connectivity index (χ0v) is 8.74. The number of hydrogen-bond donors (Lipinski definition) is 2. The minimum absolute atomic E-state index is 0.0141. The molecular weight excluding hydrogens is 180 g/mol. The van der Waals surface area contributed by atoms with Gasteiger partial charge in [-0.15, -0.1) is 0 Å². The summed E-state index contributed by atoms with van der Waals surface area (Å²) in [5, 5.41) is 18.8. The van der Waals surface area contributed by atoms with E-state index in [9.17, 15) is 5.11 Å². The van der Waals surface area contributed by atoms with Crippen LogP contribution in [0.15, 0.2) is 12.1 Å². The Morgan fingerprint density at radius 1 is 1.43 bits per heavy atom. The normalized spacial score (nSPS) is 12.6. The number of aromatic hydroxyl groups is 1. The van der Waals surface area contributed by atoms with Gasteiger partial charge in [0.1, 0.15) is 0 Å². The van der Waals surface area contributed by atoms with Gasteiger partial charge in [0.15, 0.2) is 11.5 Å². The molecule has 0 radical (unpaired) electrons. The first kappa shape index (κ1) is 10.9. The van der Waals surface area contributed by atoms with Crippen LogP contribution >= 0.6 is 0 Å². The minimum Gasteiger partial charge on any atom is -0.504 e. The van der Waals surface area contributed by atoms with Gasteiger partial charge < -0.3 is 14.9 Å². The molecule has 0 aliphatic rings. The maximum Gasteiger partial charge on any atom is 0.161 e. The molecule has 78 valence electrons. The summed E-state index contributed by atoms with van der Waals surface area (Å²) < 4.78 is 5.03. The van der Waals surface area contributed by atoms with E-state index >= 15 is 0 Å². The SMILES string of the molecule is COc1cc(C)cc(C(C)CO)c1O. The lowest BCUT2D eigenvalue weighted by Gasteiger charge is -2.14. The summed E-state index contributed by atoms with van der Waals surface area (Å²) in [5.41, 5.74) is 1.74. The average Bonchev–Trinajstić information content (AvgIpc) is 2.19. The Balaban J connectivity index is 3.21. The third-order valence-electron chi connectivity index (χ3n) is 2.27. The third kappa shape index (κ3) is 1.99. The molecule has 0 saturated carbocycles. The molecule has 0 heterocycles. The number of benzene rings is 1. The van der Waals surface area contributed by atoms with Gasteiger partial charge in [-0.2, -0.15) is 0 Å². The van der Waals surface area contributed by atoms with Crippen LogP contribution in [-0.4, -0.2) is 23.9 Å². The molecule has 0 spiro atoms. The van der Waals surface area contributed by atoms with Crippen molar-refractivity contribution in [1.29, 1.82) is 0 Å². The van der Waals surface area contributed by atoms with Gasteiger partial charge in [-0.25, -0.2) is 0 Å². The number of aryl methyl sites for hydroxylation is 1. The molecule has 1 aromatic rings. The van der Waals surface area contributed by atoms with Crippen molar-refractivity contribution in [2.45, 2.75) is 19.8 Å². The number of rotatable bonds is 3. The first-order valence-electron chi connectivity index (χ1n) is 4.58. The fraction of sp³-hybridized carbons (Fsp3) is 0.455. The van der Waals surface area contributed by atoms with Crippen LogP contribution in [0.1, 0.15) is 24.0 Å². The van der Waals surface area contributed by atoms with E-state index in [-0.39, 0.29) is 18.3 Å². The van der Waals surface area contributed by atoms with Gasteiger partial charge in [0.25, 0.3) is 0 Å². The van der Waals surface area contributed by atoms with Crippen LogP contribution in [0.5, 0.6) is 11.5 Å². The van der Waals surface area contributed by atoms with Crippen LogP contribution < -0.4 is 4.74 Å². The van der Waals surface area contributed by atoms with Gasteiger partial charge in [-0.3, -0.25) is 0 Å². The maximum absolute atomic E-state index is 9.78. The first-order chi connectivity index (χ1) is 6.60. The van der Waals surface area contributed by atoms with Crippen LogP contribution in [0.4, 0.5) is 0 Å². The van der Waals surface area contributed by atoms with Crippen LogP contribution in [0.3, 0.4) is 0 Å². The Kier molecular flexibility index (Phi) is 3.36. The summed E-state index contributed by atoms with van der Waals surface area (Å²) in [6, 6.07) is 3.63. The second kappa shape index (κ2) is 4.33. The van der Waals surface area contributed by atoms with Crippen molar-refractivity contribution in [3.63, 3.8) is 0 Å². The van der Waals surface area contributed by atoms with Crippen LogP contribution in [0.2, 0.25) is 0 Å². The van der Waals surface area contributed by atoms with E-state index in [4.69, 9.17) is 9.84 Å². The highest BCUT2D eigenvalue weighted by Gasteiger charge is 2.14. The molecule has 1 rings (SSSR count). The van der Waals surface area contributed by atoms with Crippen molar-refractivity contribution >= 4 is 0 Å². The number of phenolic OH excluding ortho intramolecular Hbond substituents is 1. The van der Waals surface area contributed by atoms with Gasteiger partial charge in [-0.1, -0.05) is 13.0 Å². The summed E-state index contributed by atoms with van der Waals surface area (Å²) in [5.74, 6) is 0.503. The average molecular weight is 196 g/mol. The summed E-state index contributed by atoms with van der Waals surface area (Å²) >= 11 is 0.